The minimum Gasteiger partial charge on any atom is -0.465 e. The van der Waals surface area contributed by atoms with E-state index in [-0.39, 0.29) is 0 Å². The second-order valence-corrected chi connectivity index (χ2v) is 7.92. The molecule has 1 amide bonds. The minimum absolute atomic E-state index is 0.310. The largest absolute Gasteiger partial charge is 0.465 e. The number of pyridine rings is 1. The molecule has 0 bridgehead atoms. The van der Waals surface area contributed by atoms with Crippen LogP contribution in [0.25, 0.3) is 0 Å². The first-order valence-electron chi connectivity index (χ1n) is 9.64. The third-order valence-electron chi connectivity index (χ3n) is 4.63. The Morgan fingerprint density at radius 2 is 1.82 bits per heavy atom. The molecule has 0 aliphatic heterocycles. The summed E-state index contributed by atoms with van der Waals surface area (Å²) < 4.78 is 0. The van der Waals surface area contributed by atoms with Crippen LogP contribution >= 0.6 is 0 Å². The number of carboxylic acid groups (broad SMARTS) is 1. The first kappa shape index (κ1) is 21.9. The number of benzene rings is 1. The third kappa shape index (κ3) is 6.62. The Kier molecular flexibility index (Phi) is 7.96. The van der Waals surface area contributed by atoms with Crippen LogP contribution in [0.3, 0.4) is 0 Å². The van der Waals surface area contributed by atoms with Gasteiger partial charge in [0.05, 0.1) is 12.1 Å². The van der Waals surface area contributed by atoms with E-state index in [1.54, 1.807) is 6.20 Å². The molecular formula is C22H31N3O3. The molecule has 0 radical (unpaired) electrons. The summed E-state index contributed by atoms with van der Waals surface area (Å²) in [5.41, 5.74) is 1.35. The highest BCUT2D eigenvalue weighted by Gasteiger charge is 2.37. The summed E-state index contributed by atoms with van der Waals surface area (Å²) in [6.45, 7) is 6.51. The van der Waals surface area contributed by atoms with Crippen molar-refractivity contribution < 1.29 is 15.0 Å². The molecule has 3 N–H and O–H groups in total. The molecule has 6 nitrogen and oxygen atoms in total. The van der Waals surface area contributed by atoms with Crippen LogP contribution in [0.2, 0.25) is 0 Å². The zero-order valence-corrected chi connectivity index (χ0v) is 16.9. The van der Waals surface area contributed by atoms with Gasteiger partial charge in [0.1, 0.15) is 0 Å². The molecule has 0 aliphatic rings. The van der Waals surface area contributed by atoms with Gasteiger partial charge in [-0.2, -0.15) is 0 Å². The van der Waals surface area contributed by atoms with Crippen LogP contribution in [0.15, 0.2) is 54.7 Å². The number of aliphatic hydroxyl groups is 1. The Morgan fingerprint density at radius 3 is 2.39 bits per heavy atom. The van der Waals surface area contributed by atoms with Gasteiger partial charge in [0.2, 0.25) is 0 Å². The molecule has 0 fully saturated rings. The highest BCUT2D eigenvalue weighted by molar-refractivity contribution is 5.66. The minimum atomic E-state index is -1.03. The van der Waals surface area contributed by atoms with E-state index in [9.17, 15) is 15.0 Å². The molecule has 1 heterocycles. The van der Waals surface area contributed by atoms with Crippen LogP contribution in [-0.2, 0) is 12.8 Å². The van der Waals surface area contributed by atoms with E-state index in [2.05, 4.69) is 10.3 Å². The maximum absolute atomic E-state index is 12.0. The van der Waals surface area contributed by atoms with Crippen LogP contribution < -0.4 is 5.32 Å². The van der Waals surface area contributed by atoms with Crippen molar-refractivity contribution in [2.75, 3.05) is 13.1 Å². The predicted octanol–water partition coefficient (Wildman–Crippen LogP) is 2.96. The van der Waals surface area contributed by atoms with Gasteiger partial charge < -0.3 is 15.5 Å². The van der Waals surface area contributed by atoms with E-state index in [1.807, 2.05) is 69.3 Å². The molecule has 1 aromatic heterocycles. The summed E-state index contributed by atoms with van der Waals surface area (Å²) in [5, 5.41) is 23.9. The number of nitrogens with one attached hydrogen (secondary N) is 1. The Morgan fingerprint density at radius 1 is 1.14 bits per heavy atom. The lowest BCUT2D eigenvalue weighted by molar-refractivity contribution is 0.00792. The lowest BCUT2D eigenvalue weighted by Crippen LogP contribution is -2.58. The fourth-order valence-electron chi connectivity index (χ4n) is 3.33. The van der Waals surface area contributed by atoms with Gasteiger partial charge in [-0.25, -0.2) is 4.79 Å². The molecular weight excluding hydrogens is 354 g/mol. The van der Waals surface area contributed by atoms with E-state index in [0.717, 1.165) is 17.7 Å². The van der Waals surface area contributed by atoms with Gasteiger partial charge in [-0.15, -0.1) is 0 Å². The summed E-state index contributed by atoms with van der Waals surface area (Å²) >= 11 is 0. The van der Waals surface area contributed by atoms with Crippen molar-refractivity contribution >= 4 is 6.09 Å². The Hall–Kier alpha value is -2.44. The summed E-state index contributed by atoms with van der Waals surface area (Å²) in [7, 11) is 0. The standard InChI is InChI=1S/C22H31N3O3/c1-22(2,3)25(21(27)28)19(15-17-9-5-4-6-10-17)20(26)16-23-14-12-18-11-7-8-13-24-18/h4-11,13,19-20,23,26H,12,14-16H2,1-3H3,(H,27,28)/t19-,20+/m0/s1. The molecule has 1 aromatic carbocycles. The first-order valence-corrected chi connectivity index (χ1v) is 9.64. The highest BCUT2D eigenvalue weighted by Crippen LogP contribution is 2.22. The van der Waals surface area contributed by atoms with Crippen molar-refractivity contribution in [3.05, 3.63) is 66.0 Å². The van der Waals surface area contributed by atoms with E-state index in [1.165, 1.54) is 4.90 Å². The molecule has 152 valence electrons. The fourth-order valence-corrected chi connectivity index (χ4v) is 3.33. The molecule has 0 saturated heterocycles. The zero-order chi connectivity index (χ0) is 20.6. The highest BCUT2D eigenvalue weighted by atomic mass is 16.4. The number of aromatic nitrogens is 1. The van der Waals surface area contributed by atoms with Crippen LogP contribution in [0.4, 0.5) is 4.79 Å². The van der Waals surface area contributed by atoms with E-state index >= 15 is 0 Å². The molecule has 2 aromatic rings. The van der Waals surface area contributed by atoms with Crippen molar-refractivity contribution in [1.82, 2.24) is 15.2 Å². The van der Waals surface area contributed by atoms with Gasteiger partial charge in [-0.05, 0) is 44.9 Å². The number of nitrogens with zero attached hydrogens (tertiary/aromatic N) is 2. The number of rotatable bonds is 9. The van der Waals surface area contributed by atoms with E-state index in [4.69, 9.17) is 0 Å². The van der Waals surface area contributed by atoms with Gasteiger partial charge in [0, 0.05) is 36.9 Å². The number of hydrogen-bond acceptors (Lipinski definition) is 4. The molecule has 0 unspecified atom stereocenters. The maximum atomic E-state index is 12.0. The van der Waals surface area contributed by atoms with Crippen molar-refractivity contribution in [3.63, 3.8) is 0 Å². The molecule has 0 spiro atoms. The molecule has 2 rings (SSSR count). The lowest BCUT2D eigenvalue weighted by atomic mass is 9.94. The third-order valence-corrected chi connectivity index (χ3v) is 4.63. The van der Waals surface area contributed by atoms with Crippen LogP contribution in [0, 0.1) is 0 Å². The lowest BCUT2D eigenvalue weighted by Gasteiger charge is -2.42. The van der Waals surface area contributed by atoms with Gasteiger partial charge in [-0.3, -0.25) is 9.88 Å². The monoisotopic (exact) mass is 385 g/mol. The van der Waals surface area contributed by atoms with E-state index < -0.39 is 23.8 Å². The average molecular weight is 386 g/mol. The van der Waals surface area contributed by atoms with Crippen LogP contribution in [-0.4, -0.2) is 57.0 Å². The number of carbonyl (C=O) groups is 1. The normalized spacial score (nSPS) is 13.7. The summed E-state index contributed by atoms with van der Waals surface area (Å²) in [6.07, 6.45) is 1.10. The maximum Gasteiger partial charge on any atom is 0.408 e. The summed E-state index contributed by atoms with van der Waals surface area (Å²) in [4.78, 5) is 17.6. The first-order chi connectivity index (χ1) is 13.3. The smallest absolute Gasteiger partial charge is 0.408 e. The number of aliphatic hydroxyl groups excluding tert-OH is 1. The van der Waals surface area contributed by atoms with E-state index in [0.29, 0.717) is 19.5 Å². The second-order valence-electron chi connectivity index (χ2n) is 7.92. The van der Waals surface area contributed by atoms with Crippen molar-refractivity contribution in [2.24, 2.45) is 0 Å². The van der Waals surface area contributed by atoms with Crippen LogP contribution in [0.1, 0.15) is 32.0 Å². The van der Waals surface area contributed by atoms with Crippen molar-refractivity contribution in [1.29, 1.82) is 0 Å². The molecule has 2 atom stereocenters. The zero-order valence-electron chi connectivity index (χ0n) is 16.9. The Bertz CT molecular complexity index is 717. The van der Waals surface area contributed by atoms with Crippen molar-refractivity contribution in [2.45, 2.75) is 51.3 Å². The SMILES string of the molecule is CC(C)(C)N(C(=O)O)[C@@H](Cc1ccccc1)[C@H](O)CNCCc1ccccn1. The Labute approximate surface area is 167 Å². The quantitative estimate of drug-likeness (QED) is 0.578. The van der Waals surface area contributed by atoms with Crippen molar-refractivity contribution in [3.8, 4) is 0 Å². The average Bonchev–Trinajstić information content (AvgIpc) is 2.65. The molecule has 0 aliphatic carbocycles. The molecule has 0 saturated carbocycles. The Balaban J connectivity index is 2.05. The topological polar surface area (TPSA) is 85.7 Å². The fraction of sp³-hybridized carbons (Fsp3) is 0.455. The predicted molar refractivity (Wildman–Crippen MR) is 110 cm³/mol. The van der Waals surface area contributed by atoms with Gasteiger partial charge in [0.25, 0.3) is 0 Å². The molecule has 28 heavy (non-hydrogen) atoms. The van der Waals surface area contributed by atoms with Gasteiger partial charge in [-0.1, -0.05) is 36.4 Å². The van der Waals surface area contributed by atoms with Gasteiger partial charge >= 0.3 is 6.09 Å². The number of hydrogen-bond donors (Lipinski definition) is 3. The number of amides is 1. The van der Waals surface area contributed by atoms with Crippen LogP contribution in [0.5, 0.6) is 0 Å². The molecule has 6 heteroatoms. The second kappa shape index (κ2) is 10.2. The van der Waals surface area contributed by atoms with Gasteiger partial charge in [0.15, 0.2) is 0 Å². The summed E-state index contributed by atoms with van der Waals surface area (Å²) in [6, 6.07) is 14.9. The summed E-state index contributed by atoms with van der Waals surface area (Å²) in [5.74, 6) is 0.